The first kappa shape index (κ1) is 12.5. The molecule has 0 fully saturated rings. The summed E-state index contributed by atoms with van der Waals surface area (Å²) in [6.07, 6.45) is 0. The van der Waals surface area contributed by atoms with E-state index >= 15 is 0 Å². The van der Waals surface area contributed by atoms with Gasteiger partial charge in [0.2, 0.25) is 0 Å². The maximum atomic E-state index is 10.8. The fourth-order valence-corrected chi connectivity index (χ4v) is 3.49. The van der Waals surface area contributed by atoms with Crippen LogP contribution in [0.25, 0.3) is 10.6 Å². The summed E-state index contributed by atoms with van der Waals surface area (Å²) in [6.45, 7) is 0.483. The molecule has 0 aromatic carbocycles. The number of hydrogen-bond donors (Lipinski definition) is 3. The average molecular weight is 290 g/mol. The first-order valence-corrected chi connectivity index (χ1v) is 7.77. The van der Waals surface area contributed by atoms with Crippen LogP contribution in [0.3, 0.4) is 0 Å². The second-order valence-electron chi connectivity index (χ2n) is 3.16. The Kier molecular flexibility index (Phi) is 3.45. The summed E-state index contributed by atoms with van der Waals surface area (Å²) in [6, 6.07) is 3.83. The molecular weight excluding hydrogens is 280 g/mol. The molecule has 0 radical (unpaired) electrons. The fourth-order valence-electron chi connectivity index (χ4n) is 1.18. The number of aromatic nitrogens is 1. The number of thiophene rings is 1. The molecule has 0 aliphatic rings. The van der Waals surface area contributed by atoms with Crippen LogP contribution < -0.4 is 15.6 Å². The Morgan fingerprint density at radius 2 is 2.18 bits per heavy atom. The number of thiazole rings is 1. The van der Waals surface area contributed by atoms with Gasteiger partial charge in [-0.15, -0.1) is 22.7 Å². The quantitative estimate of drug-likeness (QED) is 0.778. The van der Waals surface area contributed by atoms with Gasteiger partial charge in [0.25, 0.3) is 10.2 Å². The number of anilines is 1. The lowest BCUT2D eigenvalue weighted by molar-refractivity contribution is 0.603. The molecule has 2 rings (SSSR count). The molecule has 9 heteroatoms. The molecule has 2 aromatic rings. The van der Waals surface area contributed by atoms with E-state index in [1.54, 1.807) is 5.38 Å². The largest absolute Gasteiger partial charge is 0.326 e. The van der Waals surface area contributed by atoms with Crippen molar-refractivity contribution in [2.45, 2.75) is 6.54 Å². The standard InChI is InChI=1S/C8H10N4O2S3/c9-3-5-1-2-7(16-5)6-4-15-8(11-6)12-17(10,13)14/h1-2,4H,3,9H2,(H,11,12)(H2,10,13,14). The molecule has 0 atom stereocenters. The smallest absolute Gasteiger partial charge is 0.298 e. The van der Waals surface area contributed by atoms with Crippen molar-refractivity contribution >= 4 is 38.0 Å². The van der Waals surface area contributed by atoms with Crippen LogP contribution >= 0.6 is 22.7 Å². The Bertz CT molecular complexity index is 616. The van der Waals surface area contributed by atoms with E-state index in [-0.39, 0.29) is 5.13 Å². The van der Waals surface area contributed by atoms with Gasteiger partial charge in [-0.3, -0.25) is 0 Å². The molecule has 0 saturated heterocycles. The van der Waals surface area contributed by atoms with Gasteiger partial charge in [-0.25, -0.2) is 14.8 Å². The van der Waals surface area contributed by atoms with E-state index in [2.05, 4.69) is 9.71 Å². The highest BCUT2D eigenvalue weighted by Gasteiger charge is 2.10. The van der Waals surface area contributed by atoms with E-state index < -0.39 is 10.2 Å². The van der Waals surface area contributed by atoms with Crippen molar-refractivity contribution in [3.63, 3.8) is 0 Å². The van der Waals surface area contributed by atoms with Crippen LogP contribution in [0.2, 0.25) is 0 Å². The van der Waals surface area contributed by atoms with Crippen LogP contribution in [-0.4, -0.2) is 13.4 Å². The topological polar surface area (TPSA) is 111 Å². The minimum atomic E-state index is -3.76. The summed E-state index contributed by atoms with van der Waals surface area (Å²) in [5.74, 6) is 0. The molecule has 0 saturated carbocycles. The molecule has 0 bridgehead atoms. The lowest BCUT2D eigenvalue weighted by Gasteiger charge is -1.96. The first-order valence-electron chi connectivity index (χ1n) is 4.53. The maximum absolute atomic E-state index is 10.8. The molecule has 6 nitrogen and oxygen atoms in total. The van der Waals surface area contributed by atoms with Gasteiger partial charge in [0.15, 0.2) is 5.13 Å². The Labute approximate surface area is 106 Å². The van der Waals surface area contributed by atoms with E-state index in [1.165, 1.54) is 22.7 Å². The molecule has 17 heavy (non-hydrogen) atoms. The van der Waals surface area contributed by atoms with Gasteiger partial charge in [-0.2, -0.15) is 8.42 Å². The molecule has 2 aromatic heterocycles. The highest BCUT2D eigenvalue weighted by Crippen LogP contribution is 2.30. The van der Waals surface area contributed by atoms with Crippen molar-refractivity contribution in [3.8, 4) is 10.6 Å². The van der Waals surface area contributed by atoms with E-state index in [4.69, 9.17) is 10.9 Å². The summed E-state index contributed by atoms with van der Waals surface area (Å²) < 4.78 is 23.8. The summed E-state index contributed by atoms with van der Waals surface area (Å²) in [5.41, 5.74) is 6.23. The molecular formula is C8H10N4O2S3. The minimum absolute atomic E-state index is 0.255. The van der Waals surface area contributed by atoms with E-state index in [1.807, 2.05) is 12.1 Å². The molecule has 0 unspecified atom stereocenters. The SMILES string of the molecule is NCc1ccc(-c2csc(NS(N)(=O)=O)n2)s1. The van der Waals surface area contributed by atoms with Crippen LogP contribution in [0.1, 0.15) is 4.88 Å². The normalized spacial score (nSPS) is 11.6. The molecule has 2 heterocycles. The van der Waals surface area contributed by atoms with E-state index in [9.17, 15) is 8.42 Å². The van der Waals surface area contributed by atoms with Crippen molar-refractivity contribution in [3.05, 3.63) is 22.4 Å². The van der Waals surface area contributed by atoms with Gasteiger partial charge in [0, 0.05) is 16.8 Å². The summed E-state index contributed by atoms with van der Waals surface area (Å²) in [5, 5.41) is 6.87. The van der Waals surface area contributed by atoms with Crippen molar-refractivity contribution in [2.75, 3.05) is 4.72 Å². The Hall–Kier alpha value is -1.00. The zero-order chi connectivity index (χ0) is 12.5. The van der Waals surface area contributed by atoms with Gasteiger partial charge >= 0.3 is 0 Å². The zero-order valence-corrected chi connectivity index (χ0v) is 11.0. The van der Waals surface area contributed by atoms with Crippen LogP contribution in [0.15, 0.2) is 17.5 Å². The third kappa shape index (κ3) is 3.23. The zero-order valence-electron chi connectivity index (χ0n) is 8.58. The lowest BCUT2D eigenvalue weighted by Crippen LogP contribution is -2.21. The van der Waals surface area contributed by atoms with Gasteiger partial charge in [0.1, 0.15) is 0 Å². The van der Waals surface area contributed by atoms with Crippen molar-refractivity contribution in [1.29, 1.82) is 0 Å². The van der Waals surface area contributed by atoms with Crippen LogP contribution in [0, 0.1) is 0 Å². The third-order valence-electron chi connectivity index (χ3n) is 1.85. The summed E-state index contributed by atoms with van der Waals surface area (Å²) in [4.78, 5) is 6.13. The maximum Gasteiger partial charge on any atom is 0.298 e. The lowest BCUT2D eigenvalue weighted by atomic mass is 10.4. The predicted molar refractivity (Wildman–Crippen MR) is 70.0 cm³/mol. The molecule has 0 aliphatic heterocycles. The second kappa shape index (κ2) is 4.70. The molecule has 92 valence electrons. The first-order chi connectivity index (χ1) is 7.98. The van der Waals surface area contributed by atoms with Gasteiger partial charge in [-0.1, -0.05) is 0 Å². The van der Waals surface area contributed by atoms with Crippen molar-refractivity contribution in [2.24, 2.45) is 10.9 Å². The third-order valence-corrected chi connectivity index (χ3v) is 4.34. The molecule has 5 N–H and O–H groups in total. The van der Waals surface area contributed by atoms with Crippen molar-refractivity contribution < 1.29 is 8.42 Å². The van der Waals surface area contributed by atoms with Crippen LogP contribution in [0.4, 0.5) is 5.13 Å². The number of hydrogen-bond acceptors (Lipinski definition) is 6. The molecule has 0 spiro atoms. The number of nitrogens with two attached hydrogens (primary N) is 2. The number of nitrogens with one attached hydrogen (secondary N) is 1. The van der Waals surface area contributed by atoms with Crippen LogP contribution in [-0.2, 0) is 16.8 Å². The highest BCUT2D eigenvalue weighted by molar-refractivity contribution is 7.90. The highest BCUT2D eigenvalue weighted by atomic mass is 32.2. The van der Waals surface area contributed by atoms with Crippen LogP contribution in [0.5, 0.6) is 0 Å². The number of nitrogens with zero attached hydrogens (tertiary/aromatic N) is 1. The average Bonchev–Trinajstić information content (AvgIpc) is 2.82. The van der Waals surface area contributed by atoms with E-state index in [0.29, 0.717) is 12.2 Å². The van der Waals surface area contributed by atoms with E-state index in [0.717, 1.165) is 9.75 Å². The van der Waals surface area contributed by atoms with Gasteiger partial charge < -0.3 is 5.73 Å². The minimum Gasteiger partial charge on any atom is -0.326 e. The Balaban J connectivity index is 2.23. The number of rotatable bonds is 4. The molecule has 0 amide bonds. The molecule has 0 aliphatic carbocycles. The van der Waals surface area contributed by atoms with Crippen molar-refractivity contribution in [1.82, 2.24) is 4.98 Å². The monoisotopic (exact) mass is 290 g/mol. The van der Waals surface area contributed by atoms with Gasteiger partial charge in [-0.05, 0) is 12.1 Å². The summed E-state index contributed by atoms with van der Waals surface area (Å²) in [7, 11) is -3.76. The summed E-state index contributed by atoms with van der Waals surface area (Å²) >= 11 is 2.71. The van der Waals surface area contributed by atoms with Gasteiger partial charge in [0.05, 0.1) is 10.6 Å². The predicted octanol–water partition coefficient (Wildman–Crippen LogP) is 0.946. The Morgan fingerprint density at radius 1 is 1.41 bits per heavy atom. The second-order valence-corrected chi connectivity index (χ2v) is 6.48. The fraction of sp³-hybridized carbons (Fsp3) is 0.125. The Morgan fingerprint density at radius 3 is 2.76 bits per heavy atom.